The van der Waals surface area contributed by atoms with Gasteiger partial charge in [0.05, 0.1) is 25.2 Å². The highest BCUT2D eigenvalue weighted by atomic mass is 16.5. The number of cyclic esters (lactones) is 1. The first-order chi connectivity index (χ1) is 19.7. The summed E-state index contributed by atoms with van der Waals surface area (Å²) in [4.78, 5) is 51.9. The highest BCUT2D eigenvalue weighted by molar-refractivity contribution is 5.99. The Morgan fingerprint density at radius 1 is 1.05 bits per heavy atom. The molecule has 3 heterocycles. The van der Waals surface area contributed by atoms with Gasteiger partial charge >= 0.3 is 11.9 Å². The summed E-state index contributed by atoms with van der Waals surface area (Å²) in [6, 6.07) is 8.59. The lowest BCUT2D eigenvalue weighted by Crippen LogP contribution is -2.29. The molecule has 0 unspecified atom stereocenters. The average Bonchev–Trinajstić information content (AvgIpc) is 2.93. The van der Waals surface area contributed by atoms with Gasteiger partial charge in [-0.15, -0.1) is 0 Å². The third-order valence-corrected chi connectivity index (χ3v) is 7.82. The third kappa shape index (κ3) is 5.62. The van der Waals surface area contributed by atoms with Crippen LogP contribution in [0.5, 0.6) is 17.2 Å². The molecule has 0 saturated carbocycles. The zero-order chi connectivity index (χ0) is 29.3. The summed E-state index contributed by atoms with van der Waals surface area (Å²) >= 11 is 0. The largest absolute Gasteiger partial charge is 0.507 e. The van der Waals surface area contributed by atoms with E-state index in [2.05, 4.69) is 0 Å². The number of benzene rings is 2. The van der Waals surface area contributed by atoms with Gasteiger partial charge in [-0.25, -0.2) is 4.79 Å². The molecule has 2 aromatic carbocycles. The fourth-order valence-electron chi connectivity index (χ4n) is 5.63. The molecule has 9 nitrogen and oxygen atoms in total. The zero-order valence-corrected chi connectivity index (χ0v) is 23.4. The number of phenols is 1. The number of pyridine rings is 1. The summed E-state index contributed by atoms with van der Waals surface area (Å²) in [5.41, 5.74) is 1.06. The van der Waals surface area contributed by atoms with Gasteiger partial charge in [0.2, 0.25) is 0 Å². The van der Waals surface area contributed by atoms with E-state index in [4.69, 9.17) is 14.2 Å². The van der Waals surface area contributed by atoms with Gasteiger partial charge in [-0.3, -0.25) is 14.4 Å². The Balaban J connectivity index is 1.66. The van der Waals surface area contributed by atoms with Crippen molar-refractivity contribution in [3.05, 3.63) is 69.0 Å². The fourth-order valence-corrected chi connectivity index (χ4v) is 5.63. The number of Topliss-reactive ketones (excluding diaryl/α,β-unsaturated/α-hetero) is 1. The summed E-state index contributed by atoms with van der Waals surface area (Å²) in [6.07, 6.45) is 6.07. The van der Waals surface area contributed by atoms with Gasteiger partial charge in [0.1, 0.15) is 28.6 Å². The van der Waals surface area contributed by atoms with Crippen LogP contribution >= 0.6 is 0 Å². The van der Waals surface area contributed by atoms with Gasteiger partial charge in [-0.2, -0.15) is 0 Å². The van der Waals surface area contributed by atoms with Gasteiger partial charge < -0.3 is 23.9 Å². The molecule has 0 fully saturated rings. The molecule has 2 atom stereocenters. The molecule has 0 radical (unpaired) electrons. The fraction of sp³-hybridized carbons (Fsp3) is 0.375. The monoisotopic (exact) mass is 559 g/mol. The van der Waals surface area contributed by atoms with Crippen LogP contribution in [-0.2, 0) is 21.4 Å². The molecule has 0 saturated heterocycles. The van der Waals surface area contributed by atoms with Crippen molar-refractivity contribution < 1.29 is 33.7 Å². The number of allylic oxidation sites excluding steroid dienone is 1. The topological polar surface area (TPSA) is 121 Å². The molecule has 41 heavy (non-hydrogen) atoms. The summed E-state index contributed by atoms with van der Waals surface area (Å²) < 4.78 is 18.0. The van der Waals surface area contributed by atoms with E-state index in [0.717, 1.165) is 5.39 Å². The molecular formula is C32H33NO8. The van der Waals surface area contributed by atoms with E-state index in [1.54, 1.807) is 45.4 Å². The number of hydrogen-bond acceptors (Lipinski definition) is 8. The van der Waals surface area contributed by atoms with Crippen molar-refractivity contribution in [2.45, 2.75) is 63.9 Å². The SMILES string of the molecule is COc1ccc2cc([C@@H]3CC(=O)Oc4cc5c(c(O)c43)C(=O)O[C@H](C)CCCC(=O)CCCC=C5)c(=O)n(C)c2c1. The molecule has 0 spiro atoms. The molecular weight excluding hydrogens is 526 g/mol. The number of carbonyl (C=O) groups excluding carboxylic acids is 3. The lowest BCUT2D eigenvalue weighted by atomic mass is 9.83. The summed E-state index contributed by atoms with van der Waals surface area (Å²) in [5, 5.41) is 12.4. The van der Waals surface area contributed by atoms with Crippen molar-refractivity contribution >= 4 is 34.7 Å². The molecule has 9 heteroatoms. The first-order valence-electron chi connectivity index (χ1n) is 13.8. The predicted octanol–water partition coefficient (Wildman–Crippen LogP) is 5.18. The summed E-state index contributed by atoms with van der Waals surface area (Å²) in [5.74, 6) is -1.65. The molecule has 0 amide bonds. The third-order valence-electron chi connectivity index (χ3n) is 7.82. The number of phenolic OH excluding ortho intramolecular Hbond substituents is 1. The van der Waals surface area contributed by atoms with Gasteiger partial charge in [0.25, 0.3) is 5.56 Å². The minimum absolute atomic E-state index is 0.0507. The summed E-state index contributed by atoms with van der Waals surface area (Å²) in [6.45, 7) is 1.75. The maximum absolute atomic E-state index is 13.6. The standard InChI is InChI=1S/C32H33NO8/c1-18-8-7-11-21(34)10-6-4-5-9-20-15-26-29(30(36)28(20)32(38)40-18)23(17-27(35)41-26)24-14-19-12-13-22(39-3)16-25(19)33(2)31(24)37/h5,9,12-16,18,23,36H,4,6-8,10-11,17H2,1-3H3/t18-,23+/m1/s1. The molecule has 3 aromatic rings. The van der Waals surface area contributed by atoms with Gasteiger partial charge in [-0.05, 0) is 67.8 Å². The Hall–Kier alpha value is -4.40. The quantitative estimate of drug-likeness (QED) is 0.337. The second-order valence-corrected chi connectivity index (χ2v) is 10.7. The average molecular weight is 560 g/mol. The lowest BCUT2D eigenvalue weighted by Gasteiger charge is -2.28. The van der Waals surface area contributed by atoms with E-state index in [1.807, 2.05) is 12.1 Å². The van der Waals surface area contributed by atoms with Crippen molar-refractivity contribution in [2.75, 3.05) is 7.11 Å². The maximum Gasteiger partial charge on any atom is 0.342 e. The van der Waals surface area contributed by atoms with E-state index in [9.17, 15) is 24.3 Å². The highest BCUT2D eigenvalue weighted by Gasteiger charge is 2.37. The Kier molecular flexibility index (Phi) is 7.97. The van der Waals surface area contributed by atoms with E-state index in [1.165, 1.54) is 10.6 Å². The molecule has 0 aliphatic carbocycles. The Bertz CT molecular complexity index is 1630. The number of ketones is 1. The van der Waals surface area contributed by atoms with Crippen molar-refractivity contribution in [2.24, 2.45) is 7.05 Å². The van der Waals surface area contributed by atoms with Crippen LogP contribution in [0.2, 0.25) is 0 Å². The molecule has 214 valence electrons. The van der Waals surface area contributed by atoms with E-state index in [-0.39, 0.29) is 40.4 Å². The first-order valence-corrected chi connectivity index (χ1v) is 13.8. The van der Waals surface area contributed by atoms with Crippen LogP contribution in [-0.4, -0.2) is 40.6 Å². The minimum Gasteiger partial charge on any atom is -0.507 e. The van der Waals surface area contributed by atoms with E-state index < -0.39 is 24.0 Å². The van der Waals surface area contributed by atoms with Crippen molar-refractivity contribution in [3.8, 4) is 17.2 Å². The number of rotatable bonds is 2. The van der Waals surface area contributed by atoms with Crippen molar-refractivity contribution in [3.63, 3.8) is 0 Å². The lowest BCUT2D eigenvalue weighted by molar-refractivity contribution is -0.135. The molecule has 1 N–H and O–H groups in total. The minimum atomic E-state index is -0.852. The summed E-state index contributed by atoms with van der Waals surface area (Å²) in [7, 11) is 3.18. The molecule has 1 aromatic heterocycles. The van der Waals surface area contributed by atoms with Crippen LogP contribution in [0.15, 0.2) is 41.2 Å². The number of carbonyl (C=O) groups is 3. The van der Waals surface area contributed by atoms with Crippen LogP contribution < -0.4 is 15.0 Å². The van der Waals surface area contributed by atoms with E-state index >= 15 is 0 Å². The number of methoxy groups -OCH3 is 1. The highest BCUT2D eigenvalue weighted by Crippen LogP contribution is 2.47. The van der Waals surface area contributed by atoms with Crippen LogP contribution in [0.4, 0.5) is 0 Å². The number of hydrogen-bond donors (Lipinski definition) is 1. The number of nitrogens with zero attached hydrogens (tertiary/aromatic N) is 1. The second-order valence-electron chi connectivity index (χ2n) is 10.7. The number of aromatic hydroxyl groups is 1. The van der Waals surface area contributed by atoms with Crippen LogP contribution in [0.25, 0.3) is 17.0 Å². The number of esters is 2. The zero-order valence-electron chi connectivity index (χ0n) is 23.4. The smallest absolute Gasteiger partial charge is 0.342 e. The van der Waals surface area contributed by atoms with Gasteiger partial charge in [0, 0.05) is 43.0 Å². The van der Waals surface area contributed by atoms with Crippen LogP contribution in [0.1, 0.15) is 84.8 Å². The molecule has 0 bridgehead atoms. The van der Waals surface area contributed by atoms with Crippen LogP contribution in [0.3, 0.4) is 0 Å². The van der Waals surface area contributed by atoms with Crippen molar-refractivity contribution in [1.29, 1.82) is 0 Å². The molecule has 5 rings (SSSR count). The Labute approximate surface area is 237 Å². The number of aryl methyl sites for hydroxylation is 1. The van der Waals surface area contributed by atoms with Gasteiger partial charge in [0.15, 0.2) is 0 Å². The Morgan fingerprint density at radius 3 is 2.61 bits per heavy atom. The predicted molar refractivity (Wildman–Crippen MR) is 153 cm³/mol. The second kappa shape index (κ2) is 11.6. The normalized spacial score (nSPS) is 20.0. The first kappa shape index (κ1) is 28.1. The maximum atomic E-state index is 13.6. The Morgan fingerprint density at radius 2 is 1.83 bits per heavy atom. The van der Waals surface area contributed by atoms with Crippen molar-refractivity contribution in [1.82, 2.24) is 4.57 Å². The molecule has 2 aliphatic heterocycles. The van der Waals surface area contributed by atoms with Crippen LogP contribution in [0, 0.1) is 0 Å². The van der Waals surface area contributed by atoms with E-state index in [0.29, 0.717) is 60.9 Å². The van der Waals surface area contributed by atoms with Gasteiger partial charge in [-0.1, -0.05) is 12.2 Å². The number of ether oxygens (including phenoxy) is 3. The number of fused-ring (bicyclic) bond motifs is 3. The number of aromatic nitrogens is 1. The molecule has 2 aliphatic rings.